The molecule has 1 nitrogen and oxygen atoms in total. The van der Waals surface area contributed by atoms with E-state index in [9.17, 15) is 0 Å². The molecule has 1 aliphatic heterocycles. The van der Waals surface area contributed by atoms with Gasteiger partial charge < -0.3 is 4.74 Å². The minimum absolute atomic E-state index is 0.0424. The van der Waals surface area contributed by atoms with Crippen molar-refractivity contribution in [3.8, 4) is 0 Å². The van der Waals surface area contributed by atoms with Gasteiger partial charge >= 0.3 is 0 Å². The number of ether oxygens (including phenoxy) is 1. The van der Waals surface area contributed by atoms with Gasteiger partial charge in [0, 0.05) is 27.5 Å². The van der Waals surface area contributed by atoms with E-state index in [2.05, 4.69) is 98.5 Å². The first-order chi connectivity index (χ1) is 17.2. The number of hydrogen-bond acceptors (Lipinski definition) is 1. The molecule has 6 rings (SSSR count). The molecule has 1 saturated carbocycles. The summed E-state index contributed by atoms with van der Waals surface area (Å²) in [6.45, 7) is 6.41. The lowest BCUT2D eigenvalue weighted by Crippen LogP contribution is -2.40. The summed E-state index contributed by atoms with van der Waals surface area (Å²) in [4.78, 5) is 0. The molecule has 35 heavy (non-hydrogen) atoms. The van der Waals surface area contributed by atoms with Gasteiger partial charge in [-0.15, -0.1) is 6.58 Å². The van der Waals surface area contributed by atoms with Crippen molar-refractivity contribution in [2.24, 2.45) is 23.7 Å². The topological polar surface area (TPSA) is 9.23 Å². The molecule has 6 atom stereocenters. The molecule has 0 radical (unpaired) electrons. The van der Waals surface area contributed by atoms with Crippen LogP contribution in [0.5, 0.6) is 0 Å². The third kappa shape index (κ3) is 3.43. The number of fused-ring (bicyclic) bond motifs is 6. The third-order valence-corrected chi connectivity index (χ3v) is 9.07. The first-order valence-electron chi connectivity index (χ1n) is 13.0. The maximum Gasteiger partial charge on any atom is 0.132 e. The third-order valence-electron chi connectivity index (χ3n) is 8.81. The Labute approximate surface area is 214 Å². The lowest BCUT2D eigenvalue weighted by atomic mass is 9.59. The predicted molar refractivity (Wildman–Crippen MR) is 146 cm³/mol. The Bertz CT molecular complexity index is 1240. The van der Waals surface area contributed by atoms with Crippen molar-refractivity contribution >= 4 is 11.6 Å². The molecule has 0 bridgehead atoms. The van der Waals surface area contributed by atoms with Crippen LogP contribution in [-0.2, 0) is 10.2 Å². The van der Waals surface area contributed by atoms with Crippen LogP contribution in [-0.4, -0.2) is 6.10 Å². The Morgan fingerprint density at radius 3 is 2.80 bits per heavy atom. The van der Waals surface area contributed by atoms with Crippen molar-refractivity contribution in [3.63, 3.8) is 0 Å². The van der Waals surface area contributed by atoms with Crippen molar-refractivity contribution < 1.29 is 4.74 Å². The Hall–Kier alpha value is -2.77. The molecule has 0 spiro atoms. The van der Waals surface area contributed by atoms with Crippen LogP contribution in [0.4, 0.5) is 0 Å². The SMILES string of the molecule is C=CCCCC(C)C1(c2ccccc2)C2=CC=C3C4=C(C=CCC=C4)OC3C2C2C=CC(Cl)=CC21. The molecular weight excluding hydrogens is 448 g/mol. The smallest absolute Gasteiger partial charge is 0.132 e. The van der Waals surface area contributed by atoms with Crippen molar-refractivity contribution in [1.82, 2.24) is 0 Å². The quantitative estimate of drug-likeness (QED) is 0.293. The van der Waals surface area contributed by atoms with Crippen LogP contribution in [0.2, 0.25) is 0 Å². The highest BCUT2D eigenvalue weighted by Gasteiger charge is 2.62. The van der Waals surface area contributed by atoms with Gasteiger partial charge in [0.1, 0.15) is 11.9 Å². The second-order valence-corrected chi connectivity index (χ2v) is 10.9. The number of unbranched alkanes of at least 4 members (excludes halogenated alkanes) is 1. The monoisotopic (exact) mass is 480 g/mol. The molecule has 6 unspecified atom stereocenters. The minimum Gasteiger partial charge on any atom is -0.484 e. The van der Waals surface area contributed by atoms with Crippen LogP contribution >= 0.6 is 11.6 Å². The second kappa shape index (κ2) is 9.03. The first kappa shape index (κ1) is 22.7. The number of allylic oxidation sites excluding steroid dienone is 11. The van der Waals surface area contributed by atoms with E-state index in [-0.39, 0.29) is 17.4 Å². The second-order valence-electron chi connectivity index (χ2n) is 10.5. The van der Waals surface area contributed by atoms with Gasteiger partial charge in [0.25, 0.3) is 0 Å². The van der Waals surface area contributed by atoms with Crippen LogP contribution in [0.1, 0.15) is 38.2 Å². The Balaban J connectivity index is 1.54. The molecule has 0 saturated heterocycles. The molecule has 178 valence electrons. The predicted octanol–water partition coefficient (Wildman–Crippen LogP) is 8.51. The van der Waals surface area contributed by atoms with Gasteiger partial charge in [0.05, 0.1) is 0 Å². The van der Waals surface area contributed by atoms with Gasteiger partial charge in [-0.05, 0) is 61.2 Å². The minimum atomic E-state index is -0.125. The van der Waals surface area contributed by atoms with Crippen LogP contribution in [0.25, 0.3) is 0 Å². The van der Waals surface area contributed by atoms with Crippen LogP contribution in [0.15, 0.2) is 125 Å². The summed E-state index contributed by atoms with van der Waals surface area (Å²) >= 11 is 6.73. The molecule has 4 aliphatic carbocycles. The first-order valence-corrected chi connectivity index (χ1v) is 13.4. The maximum atomic E-state index is 6.78. The standard InChI is InChI=1S/C33H33ClO/c1-3-4-7-12-22(2)33(23-13-8-5-9-14-23)28-20-19-26-25-15-10-6-11-16-30(25)35-32(26)31(28)27-18-17-24(34)21-29(27)33/h3,5,8-11,13-22,27,29,31-32H,1,4,6-7,12H2,2H3. The van der Waals surface area contributed by atoms with Gasteiger partial charge in [0.15, 0.2) is 0 Å². The maximum absolute atomic E-state index is 6.78. The molecular formula is C33H33ClO. The Morgan fingerprint density at radius 1 is 1.14 bits per heavy atom. The Kier molecular flexibility index (Phi) is 5.85. The summed E-state index contributed by atoms with van der Waals surface area (Å²) in [5.74, 6) is 2.39. The summed E-state index contributed by atoms with van der Waals surface area (Å²) in [5, 5.41) is 0.851. The van der Waals surface area contributed by atoms with Crippen LogP contribution < -0.4 is 0 Å². The highest BCUT2D eigenvalue weighted by Crippen LogP contribution is 2.65. The van der Waals surface area contributed by atoms with Gasteiger partial charge in [-0.3, -0.25) is 0 Å². The van der Waals surface area contributed by atoms with E-state index in [1.54, 1.807) is 0 Å². The van der Waals surface area contributed by atoms with Crippen molar-refractivity contribution in [2.75, 3.05) is 0 Å². The van der Waals surface area contributed by atoms with Crippen LogP contribution in [0.3, 0.4) is 0 Å². The highest BCUT2D eigenvalue weighted by molar-refractivity contribution is 6.31. The van der Waals surface area contributed by atoms with E-state index in [1.807, 2.05) is 6.08 Å². The molecule has 0 N–H and O–H groups in total. The van der Waals surface area contributed by atoms with Gasteiger partial charge in [-0.25, -0.2) is 0 Å². The molecule has 1 aromatic carbocycles. The molecule has 1 fully saturated rings. The molecule has 1 heterocycles. The van der Waals surface area contributed by atoms with Gasteiger partial charge in [0.2, 0.25) is 0 Å². The number of benzene rings is 1. The van der Waals surface area contributed by atoms with Gasteiger partial charge in [-0.2, -0.15) is 0 Å². The van der Waals surface area contributed by atoms with E-state index < -0.39 is 0 Å². The van der Waals surface area contributed by atoms with E-state index in [1.165, 1.54) is 22.3 Å². The fourth-order valence-electron chi connectivity index (χ4n) is 7.43. The summed E-state index contributed by atoms with van der Waals surface area (Å²) in [7, 11) is 0. The molecule has 0 amide bonds. The average molecular weight is 481 g/mol. The molecule has 0 aromatic heterocycles. The van der Waals surface area contributed by atoms with Crippen molar-refractivity contribution in [2.45, 2.75) is 44.1 Å². The lowest BCUT2D eigenvalue weighted by Gasteiger charge is -2.44. The van der Waals surface area contributed by atoms with E-state index >= 15 is 0 Å². The zero-order valence-corrected chi connectivity index (χ0v) is 21.1. The largest absolute Gasteiger partial charge is 0.484 e. The lowest BCUT2D eigenvalue weighted by molar-refractivity contribution is 0.118. The zero-order valence-electron chi connectivity index (χ0n) is 20.4. The van der Waals surface area contributed by atoms with Gasteiger partial charge in [-0.1, -0.05) is 103 Å². The molecule has 5 aliphatic rings. The van der Waals surface area contributed by atoms with E-state index in [4.69, 9.17) is 16.3 Å². The average Bonchev–Trinajstić information content (AvgIpc) is 3.26. The highest BCUT2D eigenvalue weighted by atomic mass is 35.5. The summed E-state index contributed by atoms with van der Waals surface area (Å²) in [6.07, 6.45) is 26.8. The van der Waals surface area contributed by atoms with Crippen molar-refractivity contribution in [3.05, 3.63) is 131 Å². The number of hydrogen-bond donors (Lipinski definition) is 0. The van der Waals surface area contributed by atoms with Crippen LogP contribution in [0, 0.1) is 23.7 Å². The fourth-order valence-corrected chi connectivity index (χ4v) is 7.64. The number of rotatable bonds is 6. The fraction of sp³-hybridized carbons (Fsp3) is 0.333. The normalized spacial score (nSPS) is 32.9. The number of halogens is 1. The Morgan fingerprint density at radius 2 is 1.97 bits per heavy atom. The summed E-state index contributed by atoms with van der Waals surface area (Å²) in [5.41, 5.74) is 5.36. The molecule has 1 aromatic rings. The van der Waals surface area contributed by atoms with E-state index in [0.29, 0.717) is 17.8 Å². The van der Waals surface area contributed by atoms with Crippen molar-refractivity contribution in [1.29, 1.82) is 0 Å². The zero-order chi connectivity index (χ0) is 24.0. The van der Waals surface area contributed by atoms with E-state index in [0.717, 1.165) is 36.5 Å². The molecule has 2 heteroatoms. The summed E-state index contributed by atoms with van der Waals surface area (Å²) in [6, 6.07) is 11.2. The summed E-state index contributed by atoms with van der Waals surface area (Å²) < 4.78 is 6.78.